The van der Waals surface area contributed by atoms with Gasteiger partial charge in [-0.1, -0.05) is 6.07 Å². The average molecular weight is 382 g/mol. The standard InChI is InChI=1S/C20H26N6O2/c1-23-19(27)13-17(14-22-23)24-9-11-25(12-10-24)20(28)16-5-4-8-26(15-16)18-6-2-3-7-21-18/h2-3,6-7,13-14,16H,4-5,8-12,15H2,1H3/t16-/m0/s1. The third kappa shape index (κ3) is 3.85. The van der Waals surface area contributed by atoms with Crippen LogP contribution in [0.5, 0.6) is 0 Å². The number of piperidine rings is 1. The highest BCUT2D eigenvalue weighted by Crippen LogP contribution is 2.24. The van der Waals surface area contributed by atoms with Crippen LogP contribution < -0.4 is 15.4 Å². The number of aryl methyl sites for hydroxylation is 1. The van der Waals surface area contributed by atoms with Crippen molar-refractivity contribution < 1.29 is 4.79 Å². The number of carbonyl (C=O) groups is 1. The summed E-state index contributed by atoms with van der Waals surface area (Å²) in [5.41, 5.74) is 0.710. The third-order valence-electron chi connectivity index (χ3n) is 5.65. The Hall–Kier alpha value is -2.90. The van der Waals surface area contributed by atoms with Crippen LogP contribution in [-0.4, -0.2) is 64.8 Å². The van der Waals surface area contributed by atoms with Crippen LogP contribution in [0, 0.1) is 5.92 Å². The number of anilines is 2. The molecule has 4 heterocycles. The Labute approximate surface area is 164 Å². The van der Waals surface area contributed by atoms with Crippen molar-refractivity contribution in [1.29, 1.82) is 0 Å². The van der Waals surface area contributed by atoms with Crippen LogP contribution in [-0.2, 0) is 11.8 Å². The molecule has 2 aliphatic rings. The van der Waals surface area contributed by atoms with Crippen LogP contribution >= 0.6 is 0 Å². The van der Waals surface area contributed by atoms with E-state index in [1.807, 2.05) is 23.1 Å². The molecule has 0 bridgehead atoms. The smallest absolute Gasteiger partial charge is 0.268 e. The highest BCUT2D eigenvalue weighted by Gasteiger charge is 2.31. The first-order valence-electron chi connectivity index (χ1n) is 9.85. The van der Waals surface area contributed by atoms with Gasteiger partial charge in [-0.05, 0) is 25.0 Å². The third-order valence-corrected chi connectivity index (χ3v) is 5.65. The van der Waals surface area contributed by atoms with Gasteiger partial charge >= 0.3 is 0 Å². The molecule has 4 rings (SSSR count). The van der Waals surface area contributed by atoms with Gasteiger partial charge in [0.15, 0.2) is 0 Å². The Morgan fingerprint density at radius 2 is 1.93 bits per heavy atom. The molecule has 2 fully saturated rings. The summed E-state index contributed by atoms with van der Waals surface area (Å²) in [5, 5.41) is 4.09. The molecule has 1 atom stereocenters. The van der Waals surface area contributed by atoms with E-state index in [2.05, 4.69) is 19.9 Å². The number of carbonyl (C=O) groups excluding carboxylic acids is 1. The first-order chi connectivity index (χ1) is 13.6. The fourth-order valence-electron chi connectivity index (χ4n) is 4.00. The normalized spacial score (nSPS) is 20.3. The van der Waals surface area contributed by atoms with E-state index < -0.39 is 0 Å². The SMILES string of the molecule is Cn1ncc(N2CCN(C(=O)[C@H]3CCCN(c4ccccn4)C3)CC2)cc1=O. The van der Waals surface area contributed by atoms with Crippen molar-refractivity contribution in [3.05, 3.63) is 47.0 Å². The maximum Gasteiger partial charge on any atom is 0.268 e. The van der Waals surface area contributed by atoms with E-state index >= 15 is 0 Å². The highest BCUT2D eigenvalue weighted by atomic mass is 16.2. The molecule has 28 heavy (non-hydrogen) atoms. The Kier molecular flexibility index (Phi) is 5.27. The Balaban J connectivity index is 1.36. The Morgan fingerprint density at radius 3 is 2.64 bits per heavy atom. The van der Waals surface area contributed by atoms with Gasteiger partial charge in [0.25, 0.3) is 5.56 Å². The summed E-state index contributed by atoms with van der Waals surface area (Å²) in [5.74, 6) is 1.21. The molecule has 0 unspecified atom stereocenters. The minimum Gasteiger partial charge on any atom is -0.367 e. The van der Waals surface area contributed by atoms with Crippen molar-refractivity contribution >= 4 is 17.4 Å². The molecule has 2 aliphatic heterocycles. The van der Waals surface area contributed by atoms with E-state index in [4.69, 9.17) is 0 Å². The van der Waals surface area contributed by atoms with Gasteiger partial charge in [0.2, 0.25) is 5.91 Å². The molecule has 148 valence electrons. The molecule has 2 saturated heterocycles. The fourth-order valence-corrected chi connectivity index (χ4v) is 4.00. The van der Waals surface area contributed by atoms with E-state index in [1.165, 1.54) is 4.68 Å². The van der Waals surface area contributed by atoms with Gasteiger partial charge in [-0.15, -0.1) is 0 Å². The zero-order valence-corrected chi connectivity index (χ0v) is 16.2. The molecule has 0 radical (unpaired) electrons. The molecule has 2 aromatic rings. The predicted octanol–water partition coefficient (Wildman–Crippen LogP) is 0.741. The molecule has 8 nitrogen and oxygen atoms in total. The van der Waals surface area contributed by atoms with Gasteiger partial charge in [-0.3, -0.25) is 9.59 Å². The molecule has 0 N–H and O–H groups in total. The molecular formula is C20H26N6O2. The molecular weight excluding hydrogens is 356 g/mol. The van der Waals surface area contributed by atoms with Crippen LogP contribution in [0.2, 0.25) is 0 Å². The van der Waals surface area contributed by atoms with E-state index in [0.29, 0.717) is 13.1 Å². The molecule has 2 aromatic heterocycles. The number of amides is 1. The molecule has 8 heteroatoms. The van der Waals surface area contributed by atoms with Crippen LogP contribution in [0.25, 0.3) is 0 Å². The van der Waals surface area contributed by atoms with Crippen molar-refractivity contribution in [2.75, 3.05) is 49.1 Å². The van der Waals surface area contributed by atoms with E-state index in [1.54, 1.807) is 25.5 Å². The van der Waals surface area contributed by atoms with Gasteiger partial charge in [-0.25, -0.2) is 9.67 Å². The molecule has 1 amide bonds. The molecule has 0 spiro atoms. The molecule has 0 saturated carbocycles. The van der Waals surface area contributed by atoms with Gasteiger partial charge in [-0.2, -0.15) is 5.10 Å². The van der Waals surface area contributed by atoms with Gasteiger partial charge in [0.05, 0.1) is 17.8 Å². The van der Waals surface area contributed by atoms with E-state index in [-0.39, 0.29) is 17.4 Å². The summed E-state index contributed by atoms with van der Waals surface area (Å²) in [6.07, 6.45) is 5.45. The van der Waals surface area contributed by atoms with E-state index in [9.17, 15) is 9.59 Å². The quantitative estimate of drug-likeness (QED) is 0.780. The average Bonchev–Trinajstić information content (AvgIpc) is 2.76. The van der Waals surface area contributed by atoms with Crippen molar-refractivity contribution in [1.82, 2.24) is 19.7 Å². The van der Waals surface area contributed by atoms with Crippen LogP contribution in [0.15, 0.2) is 41.5 Å². The van der Waals surface area contributed by atoms with E-state index in [0.717, 1.165) is 50.5 Å². The molecule has 0 aromatic carbocycles. The second-order valence-corrected chi connectivity index (χ2v) is 7.46. The zero-order valence-electron chi connectivity index (χ0n) is 16.2. The highest BCUT2D eigenvalue weighted by molar-refractivity contribution is 5.80. The number of piperazine rings is 1. The largest absolute Gasteiger partial charge is 0.367 e. The zero-order chi connectivity index (χ0) is 19.5. The maximum atomic E-state index is 13.1. The number of hydrogen-bond donors (Lipinski definition) is 0. The summed E-state index contributed by atoms with van der Waals surface area (Å²) in [4.78, 5) is 35.6. The van der Waals surface area contributed by atoms with Crippen LogP contribution in [0.1, 0.15) is 12.8 Å². The Morgan fingerprint density at radius 1 is 1.11 bits per heavy atom. The topological polar surface area (TPSA) is 74.6 Å². The number of pyridine rings is 1. The summed E-state index contributed by atoms with van der Waals surface area (Å²) >= 11 is 0. The summed E-state index contributed by atoms with van der Waals surface area (Å²) in [7, 11) is 1.64. The second-order valence-electron chi connectivity index (χ2n) is 7.46. The minimum absolute atomic E-state index is 0.0213. The lowest BCUT2D eigenvalue weighted by Gasteiger charge is -2.39. The first-order valence-corrected chi connectivity index (χ1v) is 9.85. The lowest BCUT2D eigenvalue weighted by atomic mass is 9.96. The predicted molar refractivity (Wildman–Crippen MR) is 107 cm³/mol. The second kappa shape index (κ2) is 8.00. The van der Waals surface area contributed by atoms with Crippen molar-refractivity contribution in [3.8, 4) is 0 Å². The monoisotopic (exact) mass is 382 g/mol. The summed E-state index contributed by atoms with van der Waals surface area (Å²) < 4.78 is 1.32. The number of nitrogens with zero attached hydrogens (tertiary/aromatic N) is 6. The van der Waals surface area contributed by atoms with Crippen molar-refractivity contribution in [3.63, 3.8) is 0 Å². The van der Waals surface area contributed by atoms with Gasteiger partial charge < -0.3 is 14.7 Å². The van der Waals surface area contributed by atoms with Crippen LogP contribution in [0.3, 0.4) is 0 Å². The van der Waals surface area contributed by atoms with Crippen molar-refractivity contribution in [2.45, 2.75) is 12.8 Å². The van der Waals surface area contributed by atoms with Crippen molar-refractivity contribution in [2.24, 2.45) is 13.0 Å². The first kappa shape index (κ1) is 18.5. The summed E-state index contributed by atoms with van der Waals surface area (Å²) in [6, 6.07) is 7.51. The van der Waals surface area contributed by atoms with Crippen LogP contribution in [0.4, 0.5) is 11.5 Å². The van der Waals surface area contributed by atoms with Gasteiger partial charge in [0, 0.05) is 58.6 Å². The molecule has 0 aliphatic carbocycles. The number of aromatic nitrogens is 3. The minimum atomic E-state index is -0.118. The Bertz CT molecular complexity index is 876. The number of hydrogen-bond acceptors (Lipinski definition) is 6. The van der Waals surface area contributed by atoms with Gasteiger partial charge in [0.1, 0.15) is 5.82 Å². The lowest BCUT2D eigenvalue weighted by molar-refractivity contribution is -0.136. The summed E-state index contributed by atoms with van der Waals surface area (Å²) in [6.45, 7) is 4.47. The maximum absolute atomic E-state index is 13.1. The lowest BCUT2D eigenvalue weighted by Crippen LogP contribution is -2.52. The fraction of sp³-hybridized carbons (Fsp3) is 0.500. The number of rotatable bonds is 3.